The third-order valence-corrected chi connectivity index (χ3v) is 5.67. The Morgan fingerprint density at radius 3 is 2.45 bits per heavy atom. The van der Waals surface area contributed by atoms with Crippen LogP contribution in [0.5, 0.6) is 5.75 Å². The first kappa shape index (κ1) is 24.7. The highest BCUT2D eigenvalue weighted by Gasteiger charge is 2.17. The van der Waals surface area contributed by atoms with Crippen molar-refractivity contribution in [1.82, 2.24) is 20.2 Å². The Balaban J connectivity index is 0.00000149. The Morgan fingerprint density at radius 1 is 0.970 bits per heavy atom. The predicted octanol–water partition coefficient (Wildman–Crippen LogP) is 4.65. The van der Waals surface area contributed by atoms with E-state index in [1.54, 1.807) is 0 Å². The van der Waals surface area contributed by atoms with Crippen LogP contribution in [-0.4, -0.2) is 61.7 Å². The number of benzene rings is 2. The molecule has 33 heavy (non-hydrogen) atoms. The lowest BCUT2D eigenvalue weighted by Crippen LogP contribution is -2.45. The topological polar surface area (TPSA) is 53.5 Å². The molecular weight excluding hydrogens is 410 g/mol. The van der Waals surface area contributed by atoms with Gasteiger partial charge in [-0.2, -0.15) is 0 Å². The fraction of sp³-hybridized carbons (Fsp3) is 0.407. The van der Waals surface area contributed by atoms with Crippen molar-refractivity contribution in [2.24, 2.45) is 0 Å². The first-order valence-corrected chi connectivity index (χ1v) is 12.0. The second-order valence-electron chi connectivity index (χ2n) is 7.97. The fourth-order valence-corrected chi connectivity index (χ4v) is 3.80. The van der Waals surface area contributed by atoms with Crippen molar-refractivity contribution < 1.29 is 4.74 Å². The summed E-state index contributed by atoms with van der Waals surface area (Å²) in [4.78, 5) is 14.0. The Labute approximate surface area is 198 Å². The van der Waals surface area contributed by atoms with E-state index >= 15 is 0 Å². The van der Waals surface area contributed by atoms with Crippen LogP contribution in [0.4, 0.5) is 5.95 Å². The van der Waals surface area contributed by atoms with Crippen molar-refractivity contribution in [3.63, 3.8) is 0 Å². The summed E-state index contributed by atoms with van der Waals surface area (Å²) in [6.07, 6.45) is 2.74. The van der Waals surface area contributed by atoms with Crippen LogP contribution < -0.4 is 15.0 Å². The van der Waals surface area contributed by atoms with Gasteiger partial charge in [0.15, 0.2) is 0 Å². The molecule has 0 spiro atoms. The molecular formula is C27H37N5O. The van der Waals surface area contributed by atoms with Crippen molar-refractivity contribution in [3.05, 3.63) is 72.4 Å². The maximum absolute atomic E-state index is 6.42. The van der Waals surface area contributed by atoms with E-state index in [0.717, 1.165) is 62.1 Å². The Kier molecular flexibility index (Phi) is 9.66. The first-order valence-electron chi connectivity index (χ1n) is 12.0. The zero-order chi connectivity index (χ0) is 23.5. The average molecular weight is 448 g/mol. The molecule has 2 heterocycles. The van der Waals surface area contributed by atoms with Gasteiger partial charge in [-0.15, -0.1) is 0 Å². The second kappa shape index (κ2) is 12.9. The molecule has 1 aliphatic rings. The quantitative estimate of drug-likeness (QED) is 0.542. The first-order chi connectivity index (χ1) is 16.2. The van der Waals surface area contributed by atoms with Gasteiger partial charge < -0.3 is 19.9 Å². The summed E-state index contributed by atoms with van der Waals surface area (Å²) in [5, 5.41) is 3.23. The van der Waals surface area contributed by atoms with Crippen molar-refractivity contribution in [2.75, 3.05) is 51.7 Å². The van der Waals surface area contributed by atoms with E-state index in [2.05, 4.69) is 63.5 Å². The zero-order valence-electron chi connectivity index (χ0n) is 20.4. The molecule has 1 atom stereocenters. The van der Waals surface area contributed by atoms with E-state index in [0.29, 0.717) is 0 Å². The van der Waals surface area contributed by atoms with Crippen LogP contribution in [0.2, 0.25) is 0 Å². The van der Waals surface area contributed by atoms with Gasteiger partial charge in [0.05, 0.1) is 5.69 Å². The number of nitrogens with one attached hydrogen (secondary N) is 1. The van der Waals surface area contributed by atoms with Crippen LogP contribution in [0.1, 0.15) is 31.9 Å². The van der Waals surface area contributed by atoms with Gasteiger partial charge in [0.1, 0.15) is 11.9 Å². The molecule has 0 amide bonds. The minimum atomic E-state index is -0.00444. The fourth-order valence-electron chi connectivity index (χ4n) is 3.80. The van der Waals surface area contributed by atoms with Crippen molar-refractivity contribution in [1.29, 1.82) is 0 Å². The van der Waals surface area contributed by atoms with Gasteiger partial charge in [-0.1, -0.05) is 56.3 Å². The molecule has 4 rings (SSSR count). The van der Waals surface area contributed by atoms with Gasteiger partial charge >= 0.3 is 0 Å². The third-order valence-electron chi connectivity index (χ3n) is 5.67. The Morgan fingerprint density at radius 2 is 1.73 bits per heavy atom. The Hall–Kier alpha value is -2.96. The summed E-state index contributed by atoms with van der Waals surface area (Å²) in [7, 11) is 4.12. The highest BCUT2D eigenvalue weighted by Crippen LogP contribution is 2.28. The van der Waals surface area contributed by atoms with E-state index in [1.807, 2.05) is 51.4 Å². The van der Waals surface area contributed by atoms with Crippen LogP contribution in [0.3, 0.4) is 0 Å². The van der Waals surface area contributed by atoms with E-state index in [4.69, 9.17) is 9.72 Å². The number of rotatable bonds is 8. The number of ether oxygens (including phenoxy) is 1. The molecule has 6 nitrogen and oxygen atoms in total. The summed E-state index contributed by atoms with van der Waals surface area (Å²) in [6, 6.07) is 20.6. The van der Waals surface area contributed by atoms with Crippen molar-refractivity contribution in [3.8, 4) is 17.0 Å². The van der Waals surface area contributed by atoms with Gasteiger partial charge in [0.25, 0.3) is 0 Å². The Bertz CT molecular complexity index is 957. The van der Waals surface area contributed by atoms with Gasteiger partial charge in [-0.3, -0.25) is 0 Å². The van der Waals surface area contributed by atoms with Crippen LogP contribution in [0.15, 0.2) is 66.9 Å². The summed E-state index contributed by atoms with van der Waals surface area (Å²) < 4.78 is 6.42. The number of hydrogen-bond acceptors (Lipinski definition) is 6. The molecule has 0 bridgehead atoms. The number of aromatic nitrogens is 2. The maximum Gasteiger partial charge on any atom is 0.225 e. The minimum absolute atomic E-state index is 0.00444. The molecule has 176 valence electrons. The number of nitrogens with zero attached hydrogens (tertiary/aromatic N) is 4. The SMILES string of the molecule is CC.CNCCC(Oc1cccc(-c2ccnc(N3CCN(C)CC3)n2)c1)c1ccccc1. The molecule has 2 aromatic carbocycles. The van der Waals surface area contributed by atoms with E-state index in [1.165, 1.54) is 5.56 Å². The molecule has 0 aliphatic carbocycles. The van der Waals surface area contributed by atoms with Gasteiger partial charge in [-0.05, 0) is 44.4 Å². The van der Waals surface area contributed by atoms with E-state index < -0.39 is 0 Å². The molecule has 1 N–H and O–H groups in total. The molecule has 1 saturated heterocycles. The lowest BCUT2D eigenvalue weighted by molar-refractivity contribution is 0.195. The van der Waals surface area contributed by atoms with E-state index in [-0.39, 0.29) is 6.10 Å². The molecule has 1 aliphatic heterocycles. The third kappa shape index (κ3) is 7.01. The largest absolute Gasteiger partial charge is 0.486 e. The molecule has 1 unspecified atom stereocenters. The van der Waals surface area contributed by atoms with Crippen molar-refractivity contribution in [2.45, 2.75) is 26.4 Å². The summed E-state index contributed by atoms with van der Waals surface area (Å²) in [5.74, 6) is 1.65. The van der Waals surface area contributed by atoms with Crippen molar-refractivity contribution >= 4 is 5.95 Å². The van der Waals surface area contributed by atoms with Gasteiger partial charge in [0, 0.05) is 44.4 Å². The molecule has 0 saturated carbocycles. The normalized spacial score (nSPS) is 14.8. The zero-order valence-corrected chi connectivity index (χ0v) is 20.4. The minimum Gasteiger partial charge on any atom is -0.486 e. The highest BCUT2D eigenvalue weighted by molar-refractivity contribution is 5.62. The summed E-state index contributed by atoms with van der Waals surface area (Å²) in [5.41, 5.74) is 3.14. The van der Waals surface area contributed by atoms with E-state index in [9.17, 15) is 0 Å². The monoisotopic (exact) mass is 447 g/mol. The lowest BCUT2D eigenvalue weighted by atomic mass is 10.1. The molecule has 6 heteroatoms. The lowest BCUT2D eigenvalue weighted by Gasteiger charge is -2.32. The smallest absolute Gasteiger partial charge is 0.225 e. The van der Waals surface area contributed by atoms with Crippen LogP contribution in [0, 0.1) is 0 Å². The second-order valence-corrected chi connectivity index (χ2v) is 7.97. The maximum atomic E-state index is 6.42. The summed E-state index contributed by atoms with van der Waals surface area (Å²) >= 11 is 0. The van der Waals surface area contributed by atoms with Crippen LogP contribution in [0.25, 0.3) is 11.3 Å². The molecule has 1 aromatic heterocycles. The number of piperazine rings is 1. The summed E-state index contributed by atoms with van der Waals surface area (Å²) in [6.45, 7) is 8.86. The standard InChI is InChI=1S/C25H31N5O.C2H6/c1-26-13-12-24(20-7-4-3-5-8-20)31-22-10-6-9-21(19-22)23-11-14-27-25(28-23)30-17-15-29(2)16-18-30;1-2/h3-11,14,19,24,26H,12-13,15-18H2,1-2H3;1-2H3. The highest BCUT2D eigenvalue weighted by atomic mass is 16.5. The average Bonchev–Trinajstić information content (AvgIpc) is 2.89. The van der Waals surface area contributed by atoms with Gasteiger partial charge in [-0.25, -0.2) is 9.97 Å². The number of anilines is 1. The number of hydrogen-bond donors (Lipinski definition) is 1. The van der Waals surface area contributed by atoms with Crippen LogP contribution >= 0.6 is 0 Å². The van der Waals surface area contributed by atoms with Crippen LogP contribution in [-0.2, 0) is 0 Å². The molecule has 1 fully saturated rings. The predicted molar refractivity (Wildman–Crippen MR) is 137 cm³/mol. The molecule has 3 aromatic rings. The van der Waals surface area contributed by atoms with Gasteiger partial charge in [0.2, 0.25) is 5.95 Å². The molecule has 0 radical (unpaired) electrons. The number of likely N-dealkylation sites (N-methyl/N-ethyl adjacent to an activating group) is 1.